The van der Waals surface area contributed by atoms with Crippen LogP contribution in [-0.4, -0.2) is 5.11 Å². The van der Waals surface area contributed by atoms with Crippen molar-refractivity contribution in [1.29, 1.82) is 5.26 Å². The molecule has 3 N–H and O–H groups in total. The Bertz CT molecular complexity index is 410. The van der Waals surface area contributed by atoms with E-state index in [2.05, 4.69) is 0 Å². The number of aromatic hydroxyl groups is 1. The molecule has 1 aromatic carbocycles. The SMILES string of the molecule is CC(N)(C#N)c1cc(Cl)cc(Cl)c1O. The molecule has 1 aromatic rings. The predicted octanol–water partition coefficient (Wildman–Crippen LogP) is 2.40. The van der Waals surface area contributed by atoms with Crippen molar-refractivity contribution in [3.05, 3.63) is 27.7 Å². The van der Waals surface area contributed by atoms with E-state index in [1.54, 1.807) is 0 Å². The van der Waals surface area contributed by atoms with E-state index in [1.165, 1.54) is 19.1 Å². The summed E-state index contributed by atoms with van der Waals surface area (Å²) >= 11 is 11.4. The van der Waals surface area contributed by atoms with E-state index in [0.29, 0.717) is 5.02 Å². The fraction of sp³-hybridized carbons (Fsp3) is 0.222. The van der Waals surface area contributed by atoms with Crippen LogP contribution in [0, 0.1) is 11.3 Å². The minimum Gasteiger partial charge on any atom is -0.506 e. The van der Waals surface area contributed by atoms with Gasteiger partial charge in [-0.2, -0.15) is 5.26 Å². The topological polar surface area (TPSA) is 70.0 Å². The van der Waals surface area contributed by atoms with E-state index >= 15 is 0 Å². The van der Waals surface area contributed by atoms with Crippen LogP contribution >= 0.6 is 23.2 Å². The summed E-state index contributed by atoms with van der Waals surface area (Å²) < 4.78 is 0. The molecule has 0 heterocycles. The molecule has 0 aromatic heterocycles. The summed E-state index contributed by atoms with van der Waals surface area (Å²) in [5.41, 5.74) is 4.55. The third kappa shape index (κ3) is 1.93. The van der Waals surface area contributed by atoms with Gasteiger partial charge in [-0.25, -0.2) is 0 Å². The molecule has 0 spiro atoms. The maximum Gasteiger partial charge on any atom is 0.140 e. The van der Waals surface area contributed by atoms with Crippen molar-refractivity contribution < 1.29 is 5.11 Å². The summed E-state index contributed by atoms with van der Waals surface area (Å²) in [6.45, 7) is 1.47. The molecule has 0 radical (unpaired) electrons. The predicted molar refractivity (Wildman–Crippen MR) is 55.3 cm³/mol. The summed E-state index contributed by atoms with van der Waals surface area (Å²) in [5, 5.41) is 18.8. The summed E-state index contributed by atoms with van der Waals surface area (Å²) in [7, 11) is 0. The van der Waals surface area contributed by atoms with Crippen LogP contribution in [0.5, 0.6) is 5.75 Å². The average molecular weight is 231 g/mol. The number of hydrogen-bond donors (Lipinski definition) is 2. The number of nitrogens with zero attached hydrogens (tertiary/aromatic N) is 1. The van der Waals surface area contributed by atoms with Crippen LogP contribution in [-0.2, 0) is 5.54 Å². The molecular formula is C9H8Cl2N2O. The van der Waals surface area contributed by atoms with Gasteiger partial charge in [-0.05, 0) is 19.1 Å². The van der Waals surface area contributed by atoms with Crippen LogP contribution in [0.2, 0.25) is 10.0 Å². The summed E-state index contributed by atoms with van der Waals surface area (Å²) in [6, 6.07) is 4.66. The summed E-state index contributed by atoms with van der Waals surface area (Å²) in [4.78, 5) is 0. The van der Waals surface area contributed by atoms with E-state index in [9.17, 15) is 5.11 Å². The number of phenols is 1. The zero-order valence-corrected chi connectivity index (χ0v) is 8.89. The summed E-state index contributed by atoms with van der Waals surface area (Å²) in [5.74, 6) is -0.206. The van der Waals surface area contributed by atoms with Crippen molar-refractivity contribution in [2.75, 3.05) is 0 Å². The standard InChI is InChI=1S/C9H8Cl2N2O/c1-9(13,4-12)6-2-5(10)3-7(11)8(6)14/h2-3,14H,13H2,1H3. The van der Waals surface area contributed by atoms with Crippen LogP contribution in [0.1, 0.15) is 12.5 Å². The average Bonchev–Trinajstić information content (AvgIpc) is 2.11. The highest BCUT2D eigenvalue weighted by atomic mass is 35.5. The molecule has 0 bridgehead atoms. The molecular weight excluding hydrogens is 223 g/mol. The molecule has 0 amide bonds. The Morgan fingerprint density at radius 3 is 2.57 bits per heavy atom. The van der Waals surface area contributed by atoms with Gasteiger partial charge in [0.1, 0.15) is 11.3 Å². The molecule has 0 aliphatic heterocycles. The Hall–Kier alpha value is -0.950. The molecule has 1 atom stereocenters. The van der Waals surface area contributed by atoms with E-state index in [-0.39, 0.29) is 16.3 Å². The van der Waals surface area contributed by atoms with E-state index in [1.807, 2.05) is 6.07 Å². The van der Waals surface area contributed by atoms with Crippen molar-refractivity contribution >= 4 is 23.2 Å². The lowest BCUT2D eigenvalue weighted by molar-refractivity contribution is 0.454. The fourth-order valence-electron chi connectivity index (χ4n) is 1.02. The molecule has 3 nitrogen and oxygen atoms in total. The van der Waals surface area contributed by atoms with Crippen molar-refractivity contribution in [2.24, 2.45) is 5.73 Å². The first-order valence-electron chi connectivity index (χ1n) is 3.77. The number of nitrogens with two attached hydrogens (primary N) is 1. The monoisotopic (exact) mass is 230 g/mol. The molecule has 1 rings (SSSR count). The Kier molecular flexibility index (Phi) is 2.91. The van der Waals surface area contributed by atoms with E-state index in [4.69, 9.17) is 34.2 Å². The smallest absolute Gasteiger partial charge is 0.140 e. The van der Waals surface area contributed by atoms with Gasteiger partial charge in [-0.15, -0.1) is 0 Å². The first-order valence-corrected chi connectivity index (χ1v) is 4.52. The molecule has 0 fully saturated rings. The van der Waals surface area contributed by atoms with Gasteiger partial charge in [-0.3, -0.25) is 0 Å². The maximum atomic E-state index is 9.57. The first-order chi connectivity index (χ1) is 6.38. The lowest BCUT2D eigenvalue weighted by Crippen LogP contribution is -2.30. The largest absolute Gasteiger partial charge is 0.506 e. The Morgan fingerprint density at radius 2 is 2.07 bits per heavy atom. The Morgan fingerprint density at radius 1 is 1.50 bits per heavy atom. The van der Waals surface area contributed by atoms with Gasteiger partial charge in [-0.1, -0.05) is 23.2 Å². The fourth-order valence-corrected chi connectivity index (χ4v) is 1.52. The van der Waals surface area contributed by atoms with Gasteiger partial charge >= 0.3 is 0 Å². The number of phenolic OH excluding ortho intramolecular Hbond substituents is 1. The molecule has 0 aliphatic rings. The second kappa shape index (κ2) is 3.66. The Labute approximate surface area is 91.7 Å². The third-order valence-corrected chi connectivity index (χ3v) is 2.33. The highest BCUT2D eigenvalue weighted by Crippen LogP contribution is 2.36. The normalized spacial score (nSPS) is 14.5. The lowest BCUT2D eigenvalue weighted by Gasteiger charge is -2.18. The second-order valence-electron chi connectivity index (χ2n) is 3.10. The van der Waals surface area contributed by atoms with Gasteiger partial charge in [0.15, 0.2) is 0 Å². The molecule has 1 unspecified atom stereocenters. The van der Waals surface area contributed by atoms with Crippen molar-refractivity contribution in [3.8, 4) is 11.8 Å². The van der Waals surface area contributed by atoms with Crippen LogP contribution in [0.25, 0.3) is 0 Å². The number of halogens is 2. The van der Waals surface area contributed by atoms with Gasteiger partial charge in [0.25, 0.3) is 0 Å². The molecule has 0 aliphatic carbocycles. The summed E-state index contributed by atoms with van der Waals surface area (Å²) in [6.07, 6.45) is 0. The van der Waals surface area contributed by atoms with Crippen molar-refractivity contribution in [3.63, 3.8) is 0 Å². The number of nitriles is 1. The van der Waals surface area contributed by atoms with Gasteiger partial charge in [0, 0.05) is 10.6 Å². The first kappa shape index (κ1) is 11.1. The highest BCUT2D eigenvalue weighted by molar-refractivity contribution is 6.35. The quantitative estimate of drug-likeness (QED) is 0.779. The van der Waals surface area contributed by atoms with E-state index in [0.717, 1.165) is 0 Å². The molecule has 74 valence electrons. The molecule has 0 saturated heterocycles. The van der Waals surface area contributed by atoms with Crippen LogP contribution in [0.4, 0.5) is 0 Å². The number of rotatable bonds is 1. The van der Waals surface area contributed by atoms with Crippen molar-refractivity contribution in [2.45, 2.75) is 12.5 Å². The van der Waals surface area contributed by atoms with E-state index < -0.39 is 5.54 Å². The van der Waals surface area contributed by atoms with Crippen LogP contribution < -0.4 is 5.73 Å². The lowest BCUT2D eigenvalue weighted by atomic mass is 9.94. The Balaban J connectivity index is 3.44. The minimum atomic E-state index is -1.31. The number of hydrogen-bond acceptors (Lipinski definition) is 3. The van der Waals surface area contributed by atoms with Gasteiger partial charge in [0.2, 0.25) is 0 Å². The minimum absolute atomic E-state index is 0.0828. The van der Waals surface area contributed by atoms with Crippen LogP contribution in [0.3, 0.4) is 0 Å². The van der Waals surface area contributed by atoms with Crippen molar-refractivity contribution in [1.82, 2.24) is 0 Å². The second-order valence-corrected chi connectivity index (χ2v) is 3.94. The van der Waals surface area contributed by atoms with Gasteiger partial charge < -0.3 is 10.8 Å². The van der Waals surface area contributed by atoms with Crippen LogP contribution in [0.15, 0.2) is 12.1 Å². The zero-order valence-electron chi connectivity index (χ0n) is 7.38. The molecule has 0 saturated carbocycles. The maximum absolute atomic E-state index is 9.57. The third-order valence-electron chi connectivity index (χ3n) is 1.82. The molecule has 14 heavy (non-hydrogen) atoms. The van der Waals surface area contributed by atoms with Gasteiger partial charge in [0.05, 0.1) is 11.1 Å². The number of benzene rings is 1. The highest BCUT2D eigenvalue weighted by Gasteiger charge is 2.25. The zero-order chi connectivity index (χ0) is 10.9. The molecule has 5 heteroatoms.